The number of nitro benzene ring substituents is 1. The lowest BCUT2D eigenvalue weighted by Crippen LogP contribution is -2.23. The summed E-state index contributed by atoms with van der Waals surface area (Å²) in [6.07, 6.45) is 0. The van der Waals surface area contributed by atoms with E-state index in [0.29, 0.717) is 0 Å². The lowest BCUT2D eigenvalue weighted by molar-refractivity contribution is -0.385. The number of halogens is 1. The van der Waals surface area contributed by atoms with Gasteiger partial charge in [-0.05, 0) is 22.6 Å². The number of aromatic carboxylic acids is 1. The number of carboxylic acid groups (broad SMARTS) is 1. The van der Waals surface area contributed by atoms with Gasteiger partial charge in [0.1, 0.15) is 0 Å². The molecule has 0 aliphatic rings. The number of hydrogen-bond donors (Lipinski definition) is 0. The van der Waals surface area contributed by atoms with Crippen molar-refractivity contribution in [2.75, 3.05) is 0 Å². The van der Waals surface area contributed by atoms with E-state index in [1.165, 1.54) is 18.2 Å². The van der Waals surface area contributed by atoms with E-state index >= 15 is 0 Å². The van der Waals surface area contributed by atoms with E-state index in [1.807, 2.05) is 0 Å². The van der Waals surface area contributed by atoms with Crippen molar-refractivity contribution in [3.05, 3.63) is 37.4 Å². The van der Waals surface area contributed by atoms with Gasteiger partial charge in [-0.2, -0.15) is 0 Å². The molecule has 0 amide bonds. The standard InChI is InChI=1S/C7H4INO4/c8-6-4(7(10)11)2-1-3-5(6)9(12)13/h1-3H,(H,10,11)/p-1. The van der Waals surface area contributed by atoms with Gasteiger partial charge in [0.2, 0.25) is 0 Å². The molecular weight excluding hydrogens is 289 g/mol. The highest BCUT2D eigenvalue weighted by atomic mass is 127. The number of nitrogens with zero attached hydrogens (tertiary/aromatic N) is 1. The van der Waals surface area contributed by atoms with Gasteiger partial charge in [-0.25, -0.2) is 0 Å². The highest BCUT2D eigenvalue weighted by Crippen LogP contribution is 2.23. The van der Waals surface area contributed by atoms with Crippen LogP contribution >= 0.6 is 22.6 Å². The number of carbonyl (C=O) groups excluding carboxylic acids is 1. The summed E-state index contributed by atoms with van der Waals surface area (Å²) >= 11 is 1.61. The van der Waals surface area contributed by atoms with E-state index in [0.717, 1.165) is 0 Å². The van der Waals surface area contributed by atoms with Gasteiger partial charge in [0.15, 0.2) is 0 Å². The quantitative estimate of drug-likeness (QED) is 0.453. The number of carbonyl (C=O) groups is 1. The fourth-order valence-electron chi connectivity index (χ4n) is 0.818. The third-order valence-corrected chi connectivity index (χ3v) is 2.53. The highest BCUT2D eigenvalue weighted by Gasteiger charge is 2.14. The lowest BCUT2D eigenvalue weighted by Gasteiger charge is -2.04. The highest BCUT2D eigenvalue weighted by molar-refractivity contribution is 14.1. The van der Waals surface area contributed by atoms with Crippen LogP contribution in [0.25, 0.3) is 0 Å². The average Bonchev–Trinajstić information content (AvgIpc) is 2.03. The number of carboxylic acids is 1. The van der Waals surface area contributed by atoms with E-state index in [2.05, 4.69) is 0 Å². The molecule has 0 spiro atoms. The Balaban J connectivity index is 3.35. The van der Waals surface area contributed by atoms with Crippen molar-refractivity contribution in [2.45, 2.75) is 0 Å². The summed E-state index contributed by atoms with van der Waals surface area (Å²) in [5.74, 6) is -1.41. The van der Waals surface area contributed by atoms with Crippen LogP contribution in [-0.4, -0.2) is 10.9 Å². The number of benzene rings is 1. The summed E-state index contributed by atoms with van der Waals surface area (Å²) in [7, 11) is 0. The Labute approximate surface area is 86.7 Å². The minimum absolute atomic E-state index is 0.0881. The second kappa shape index (κ2) is 3.69. The molecule has 1 rings (SSSR count). The predicted molar refractivity (Wildman–Crippen MR) is 50.1 cm³/mol. The maximum absolute atomic E-state index is 10.5. The molecule has 0 heterocycles. The summed E-state index contributed by atoms with van der Waals surface area (Å²) in [5.41, 5.74) is -0.378. The number of nitro groups is 1. The first-order chi connectivity index (χ1) is 6.04. The number of hydrogen-bond acceptors (Lipinski definition) is 4. The second-order valence-corrected chi connectivity index (χ2v) is 3.26. The molecular formula is C7H3INO4-. The van der Waals surface area contributed by atoms with Gasteiger partial charge < -0.3 is 9.90 Å². The molecule has 0 saturated heterocycles. The van der Waals surface area contributed by atoms with Crippen LogP contribution in [0.3, 0.4) is 0 Å². The fraction of sp³-hybridized carbons (Fsp3) is 0. The van der Waals surface area contributed by atoms with Gasteiger partial charge in [-0.15, -0.1) is 0 Å². The SMILES string of the molecule is O=C([O-])c1cccc([N+](=O)[O-])c1I. The molecule has 6 heteroatoms. The molecule has 0 aliphatic heterocycles. The Bertz CT molecular complexity index is 345. The van der Waals surface area contributed by atoms with Gasteiger partial charge in [0.25, 0.3) is 5.69 Å². The Kier molecular flexibility index (Phi) is 2.81. The zero-order valence-electron chi connectivity index (χ0n) is 6.19. The van der Waals surface area contributed by atoms with E-state index in [1.54, 1.807) is 22.6 Å². The molecule has 0 bridgehead atoms. The normalized spacial score (nSPS) is 9.62. The topological polar surface area (TPSA) is 83.3 Å². The van der Waals surface area contributed by atoms with Crippen molar-refractivity contribution in [1.29, 1.82) is 0 Å². The van der Waals surface area contributed by atoms with Gasteiger partial charge in [-0.3, -0.25) is 10.1 Å². The molecule has 0 aromatic heterocycles. The second-order valence-electron chi connectivity index (χ2n) is 2.18. The zero-order valence-corrected chi connectivity index (χ0v) is 8.35. The lowest BCUT2D eigenvalue weighted by atomic mass is 10.2. The van der Waals surface area contributed by atoms with Crippen molar-refractivity contribution >= 4 is 34.2 Å². The van der Waals surface area contributed by atoms with Crippen LogP contribution < -0.4 is 5.11 Å². The van der Waals surface area contributed by atoms with Crippen molar-refractivity contribution in [3.63, 3.8) is 0 Å². The van der Waals surface area contributed by atoms with Crippen LogP contribution in [0, 0.1) is 13.7 Å². The molecule has 0 atom stereocenters. The Morgan fingerprint density at radius 3 is 2.54 bits per heavy atom. The van der Waals surface area contributed by atoms with Crippen molar-refractivity contribution in [3.8, 4) is 0 Å². The van der Waals surface area contributed by atoms with Crippen molar-refractivity contribution < 1.29 is 14.8 Å². The van der Waals surface area contributed by atoms with Crippen LogP contribution in [0.15, 0.2) is 18.2 Å². The molecule has 0 radical (unpaired) electrons. The minimum atomic E-state index is -1.41. The molecule has 0 aliphatic carbocycles. The van der Waals surface area contributed by atoms with E-state index in [4.69, 9.17) is 0 Å². The monoisotopic (exact) mass is 292 g/mol. The summed E-state index contributed by atoms with van der Waals surface area (Å²) < 4.78 is 0.0881. The van der Waals surface area contributed by atoms with E-state index in [-0.39, 0.29) is 14.8 Å². The number of rotatable bonds is 2. The molecule has 0 unspecified atom stereocenters. The predicted octanol–water partition coefficient (Wildman–Crippen LogP) is 0.563. The van der Waals surface area contributed by atoms with E-state index < -0.39 is 10.9 Å². The zero-order chi connectivity index (χ0) is 10.0. The van der Waals surface area contributed by atoms with Gasteiger partial charge in [0.05, 0.1) is 14.5 Å². The van der Waals surface area contributed by atoms with Crippen LogP contribution in [0.2, 0.25) is 0 Å². The maximum atomic E-state index is 10.5. The third-order valence-electron chi connectivity index (χ3n) is 1.39. The van der Waals surface area contributed by atoms with E-state index in [9.17, 15) is 20.0 Å². The largest absolute Gasteiger partial charge is 0.545 e. The smallest absolute Gasteiger partial charge is 0.283 e. The molecule has 68 valence electrons. The van der Waals surface area contributed by atoms with Crippen LogP contribution in [0.1, 0.15) is 10.4 Å². The molecule has 0 N–H and O–H groups in total. The maximum Gasteiger partial charge on any atom is 0.283 e. The van der Waals surface area contributed by atoms with Gasteiger partial charge >= 0.3 is 0 Å². The van der Waals surface area contributed by atoms with Crippen LogP contribution in [0.5, 0.6) is 0 Å². The summed E-state index contributed by atoms with van der Waals surface area (Å²) in [5, 5.41) is 20.8. The average molecular weight is 292 g/mol. The molecule has 5 nitrogen and oxygen atoms in total. The summed E-state index contributed by atoms with van der Waals surface area (Å²) in [4.78, 5) is 20.2. The Morgan fingerprint density at radius 2 is 2.08 bits per heavy atom. The first-order valence-electron chi connectivity index (χ1n) is 3.18. The third kappa shape index (κ3) is 1.94. The fourth-order valence-corrected chi connectivity index (χ4v) is 1.60. The van der Waals surface area contributed by atoms with Gasteiger partial charge in [0, 0.05) is 11.6 Å². The van der Waals surface area contributed by atoms with Crippen molar-refractivity contribution in [2.24, 2.45) is 0 Å². The Morgan fingerprint density at radius 1 is 1.46 bits per heavy atom. The molecule has 1 aromatic carbocycles. The Hall–Kier alpha value is -1.18. The molecule has 13 heavy (non-hydrogen) atoms. The van der Waals surface area contributed by atoms with Crippen LogP contribution in [-0.2, 0) is 0 Å². The summed E-state index contributed by atoms with van der Waals surface area (Å²) in [6.45, 7) is 0. The molecule has 1 aromatic rings. The molecule has 0 fully saturated rings. The summed E-state index contributed by atoms with van der Waals surface area (Å²) in [6, 6.07) is 3.82. The van der Waals surface area contributed by atoms with Crippen molar-refractivity contribution in [1.82, 2.24) is 0 Å². The van der Waals surface area contributed by atoms with Crippen LogP contribution in [0.4, 0.5) is 5.69 Å². The minimum Gasteiger partial charge on any atom is -0.545 e. The molecule has 0 saturated carbocycles. The van der Waals surface area contributed by atoms with Gasteiger partial charge in [-0.1, -0.05) is 12.1 Å². The first kappa shape index (κ1) is 9.90. The first-order valence-corrected chi connectivity index (χ1v) is 4.26.